The molecule has 0 aliphatic carbocycles. The van der Waals surface area contributed by atoms with E-state index in [2.05, 4.69) is 22.2 Å². The Balaban J connectivity index is 1.57. The molecule has 1 aromatic carbocycles. The summed E-state index contributed by atoms with van der Waals surface area (Å²) < 4.78 is 6.94. The van der Waals surface area contributed by atoms with Crippen LogP contribution >= 0.6 is 0 Å². The molecule has 132 valence electrons. The molecule has 1 N–H and O–H groups in total. The lowest BCUT2D eigenvalue weighted by molar-refractivity contribution is -0.0390. The van der Waals surface area contributed by atoms with Crippen molar-refractivity contribution in [2.45, 2.75) is 31.5 Å². The first-order valence-electron chi connectivity index (χ1n) is 8.65. The summed E-state index contributed by atoms with van der Waals surface area (Å²) in [6.07, 6.45) is 1.11. The highest BCUT2D eigenvalue weighted by Crippen LogP contribution is 2.23. The van der Waals surface area contributed by atoms with E-state index in [-0.39, 0.29) is 23.6 Å². The maximum absolute atomic E-state index is 12.8. The topological polar surface area (TPSA) is 76.5 Å². The Bertz CT molecular complexity index is 878. The summed E-state index contributed by atoms with van der Waals surface area (Å²) in [6.45, 7) is 4.52. The van der Waals surface area contributed by atoms with Gasteiger partial charge in [0.25, 0.3) is 11.5 Å². The third kappa shape index (κ3) is 2.94. The summed E-state index contributed by atoms with van der Waals surface area (Å²) in [5, 5.41) is 8.39. The number of amides is 1. The van der Waals surface area contributed by atoms with Crippen molar-refractivity contribution < 1.29 is 9.53 Å². The lowest BCUT2D eigenvalue weighted by Gasteiger charge is -2.33. The number of nitrogens with one attached hydrogen (secondary N) is 1. The normalized spacial score (nSPS) is 26.6. The summed E-state index contributed by atoms with van der Waals surface area (Å²) in [6, 6.07) is 7.54. The van der Waals surface area contributed by atoms with E-state index in [1.807, 2.05) is 6.07 Å². The maximum Gasteiger partial charge on any atom is 0.274 e. The number of ether oxygens (including phenoxy) is 1. The minimum absolute atomic E-state index is 0.0733. The molecule has 0 radical (unpaired) electrons. The summed E-state index contributed by atoms with van der Waals surface area (Å²) >= 11 is 0. The quantitative estimate of drug-likeness (QED) is 0.861. The first-order chi connectivity index (χ1) is 12.0. The van der Waals surface area contributed by atoms with Crippen LogP contribution in [-0.2, 0) is 11.8 Å². The van der Waals surface area contributed by atoms with Crippen LogP contribution in [0.2, 0.25) is 0 Å². The highest BCUT2D eigenvalue weighted by molar-refractivity contribution is 6.04. The zero-order chi connectivity index (χ0) is 17.6. The molecule has 1 aromatic heterocycles. The van der Waals surface area contributed by atoms with Crippen molar-refractivity contribution in [2.24, 2.45) is 7.05 Å². The highest BCUT2D eigenvalue weighted by atomic mass is 16.5. The number of nitrogens with zero attached hydrogens (tertiary/aromatic N) is 3. The Hall–Kier alpha value is -2.25. The van der Waals surface area contributed by atoms with E-state index < -0.39 is 0 Å². The van der Waals surface area contributed by atoms with Gasteiger partial charge in [0, 0.05) is 37.6 Å². The van der Waals surface area contributed by atoms with E-state index >= 15 is 0 Å². The van der Waals surface area contributed by atoms with Crippen LogP contribution in [-0.4, -0.2) is 58.5 Å². The Morgan fingerprint density at radius 1 is 1.28 bits per heavy atom. The van der Waals surface area contributed by atoms with Gasteiger partial charge in [0.05, 0.1) is 18.1 Å². The molecular weight excluding hydrogens is 320 g/mol. The van der Waals surface area contributed by atoms with E-state index in [0.29, 0.717) is 29.1 Å². The summed E-state index contributed by atoms with van der Waals surface area (Å²) in [5.41, 5.74) is 0.100. The fraction of sp³-hybridized carbons (Fsp3) is 0.500. The molecule has 4 rings (SSSR count). The number of hydrogen-bond donors (Lipinski definition) is 1. The Kier molecular flexibility index (Phi) is 4.05. The zero-order valence-electron chi connectivity index (χ0n) is 14.4. The molecule has 2 aromatic rings. The van der Waals surface area contributed by atoms with Gasteiger partial charge in [0.1, 0.15) is 0 Å². The second-order valence-electron chi connectivity index (χ2n) is 6.98. The predicted octanol–water partition coefficient (Wildman–Crippen LogP) is 0.525. The van der Waals surface area contributed by atoms with Gasteiger partial charge in [0.15, 0.2) is 5.69 Å². The van der Waals surface area contributed by atoms with Crippen LogP contribution in [0.1, 0.15) is 23.8 Å². The average Bonchev–Trinajstić information content (AvgIpc) is 2.99. The van der Waals surface area contributed by atoms with Crippen molar-refractivity contribution in [1.82, 2.24) is 20.0 Å². The molecule has 3 heterocycles. The molecule has 0 spiro atoms. The largest absolute Gasteiger partial charge is 0.376 e. The third-order valence-electron chi connectivity index (χ3n) is 5.10. The van der Waals surface area contributed by atoms with E-state index in [4.69, 9.17) is 4.74 Å². The minimum atomic E-state index is -0.231. The molecule has 2 saturated heterocycles. The van der Waals surface area contributed by atoms with Gasteiger partial charge in [-0.1, -0.05) is 18.2 Å². The first kappa shape index (κ1) is 16.2. The first-order valence-corrected chi connectivity index (χ1v) is 8.65. The van der Waals surface area contributed by atoms with E-state index in [1.165, 1.54) is 4.68 Å². The summed E-state index contributed by atoms with van der Waals surface area (Å²) in [7, 11) is 1.57. The average molecular weight is 342 g/mol. The standard InChI is InChI=1S/C18H22N4O3/c1-11-8-22-9-12(7-13(22)10-25-11)19-17(23)16-14-5-3-4-6-15(14)18(24)21(2)20-16/h3-6,11-13H,7-10H2,1-2H3,(H,19,23)/t11-,12+,13-/m0/s1. The van der Waals surface area contributed by atoms with E-state index in [0.717, 1.165) is 19.5 Å². The second-order valence-corrected chi connectivity index (χ2v) is 6.98. The van der Waals surface area contributed by atoms with Crippen molar-refractivity contribution in [1.29, 1.82) is 0 Å². The van der Waals surface area contributed by atoms with Crippen LogP contribution in [0.3, 0.4) is 0 Å². The molecule has 25 heavy (non-hydrogen) atoms. The van der Waals surface area contributed by atoms with Gasteiger partial charge >= 0.3 is 0 Å². The van der Waals surface area contributed by atoms with Crippen molar-refractivity contribution in [3.05, 3.63) is 40.3 Å². The van der Waals surface area contributed by atoms with Crippen LogP contribution < -0.4 is 10.9 Å². The SMILES string of the molecule is C[C@H]1CN2C[C@H](NC(=O)c3nn(C)c(=O)c4ccccc34)C[C@H]2CO1. The smallest absolute Gasteiger partial charge is 0.274 e. The Morgan fingerprint density at radius 2 is 2.04 bits per heavy atom. The monoisotopic (exact) mass is 342 g/mol. The molecule has 2 aliphatic heterocycles. The zero-order valence-corrected chi connectivity index (χ0v) is 14.4. The third-order valence-corrected chi connectivity index (χ3v) is 5.10. The van der Waals surface area contributed by atoms with Crippen LogP contribution in [0.15, 0.2) is 29.1 Å². The number of rotatable bonds is 2. The van der Waals surface area contributed by atoms with E-state index in [1.54, 1.807) is 25.2 Å². The van der Waals surface area contributed by atoms with Crippen molar-refractivity contribution in [3.8, 4) is 0 Å². The molecule has 0 bridgehead atoms. The molecule has 7 nitrogen and oxygen atoms in total. The highest BCUT2D eigenvalue weighted by Gasteiger charge is 2.37. The maximum atomic E-state index is 12.8. The van der Waals surface area contributed by atoms with Gasteiger partial charge in [-0.2, -0.15) is 5.10 Å². The fourth-order valence-electron chi connectivity index (χ4n) is 3.87. The molecule has 0 unspecified atom stereocenters. The van der Waals surface area contributed by atoms with Crippen LogP contribution in [0.4, 0.5) is 0 Å². The fourth-order valence-corrected chi connectivity index (χ4v) is 3.87. The van der Waals surface area contributed by atoms with Gasteiger partial charge in [-0.15, -0.1) is 0 Å². The number of carbonyl (C=O) groups excluding carboxylic acids is 1. The number of benzene rings is 1. The van der Waals surface area contributed by atoms with Crippen LogP contribution in [0.25, 0.3) is 10.8 Å². The molecule has 3 atom stereocenters. The van der Waals surface area contributed by atoms with Crippen molar-refractivity contribution >= 4 is 16.7 Å². The van der Waals surface area contributed by atoms with Crippen LogP contribution in [0.5, 0.6) is 0 Å². The predicted molar refractivity (Wildman–Crippen MR) is 93.6 cm³/mol. The second kappa shape index (κ2) is 6.24. The number of aryl methyl sites for hydroxylation is 1. The number of fused-ring (bicyclic) bond motifs is 2. The van der Waals surface area contributed by atoms with Gasteiger partial charge in [-0.3, -0.25) is 14.5 Å². The minimum Gasteiger partial charge on any atom is -0.376 e. The van der Waals surface area contributed by atoms with Crippen molar-refractivity contribution in [2.75, 3.05) is 19.7 Å². The lowest BCUT2D eigenvalue weighted by Crippen LogP contribution is -2.45. The Morgan fingerprint density at radius 3 is 2.84 bits per heavy atom. The number of carbonyl (C=O) groups is 1. The number of morpholine rings is 1. The van der Waals surface area contributed by atoms with Gasteiger partial charge in [-0.25, -0.2) is 4.68 Å². The molecule has 1 amide bonds. The number of hydrogen-bond acceptors (Lipinski definition) is 5. The Labute approximate surface area is 145 Å². The molecule has 2 aliphatic rings. The van der Waals surface area contributed by atoms with Crippen molar-refractivity contribution in [3.63, 3.8) is 0 Å². The number of aromatic nitrogens is 2. The van der Waals surface area contributed by atoms with Gasteiger partial charge < -0.3 is 10.1 Å². The van der Waals surface area contributed by atoms with Gasteiger partial charge in [-0.05, 0) is 19.4 Å². The summed E-state index contributed by atoms with van der Waals surface area (Å²) in [4.78, 5) is 27.4. The van der Waals surface area contributed by atoms with Crippen LogP contribution in [0, 0.1) is 0 Å². The van der Waals surface area contributed by atoms with Gasteiger partial charge in [0.2, 0.25) is 0 Å². The summed E-state index contributed by atoms with van der Waals surface area (Å²) in [5.74, 6) is -0.231. The van der Waals surface area contributed by atoms with E-state index in [9.17, 15) is 9.59 Å². The molecule has 2 fully saturated rings. The lowest BCUT2D eigenvalue weighted by atomic mass is 10.1. The molecule has 0 saturated carbocycles. The molecule has 7 heteroatoms. The molecular formula is C18H22N4O3.